The molecule has 1 aliphatic carbocycles. The Kier molecular flexibility index (Phi) is 2.27. The normalized spacial score (nSPS) is 20.8. The number of carbonyl (C=O) groups is 1. The van der Waals surface area contributed by atoms with Crippen molar-refractivity contribution >= 4 is 17.9 Å². The van der Waals surface area contributed by atoms with Crippen LogP contribution in [0.15, 0.2) is 6.33 Å². The van der Waals surface area contributed by atoms with E-state index in [2.05, 4.69) is 9.97 Å². The van der Waals surface area contributed by atoms with Crippen molar-refractivity contribution in [2.45, 2.75) is 19.3 Å². The smallest absolute Gasteiger partial charge is 0.135 e. The molecule has 4 heteroatoms. The Balaban J connectivity index is 2.36. The fourth-order valence-corrected chi connectivity index (χ4v) is 1.89. The standard InChI is InChI=1S/C9H9ClN2O/c10-9-7-2-1-6(4-13)3-8(7)11-5-12-9/h4-6H,1-3H2. The fraction of sp³-hybridized carbons (Fsp3) is 0.444. The van der Waals surface area contributed by atoms with Gasteiger partial charge in [-0.2, -0.15) is 0 Å². The van der Waals surface area contributed by atoms with E-state index < -0.39 is 0 Å². The molecule has 0 saturated heterocycles. The maximum Gasteiger partial charge on any atom is 0.135 e. The third-order valence-corrected chi connectivity index (χ3v) is 2.72. The second-order valence-corrected chi connectivity index (χ2v) is 3.59. The molecule has 0 radical (unpaired) electrons. The third kappa shape index (κ3) is 1.56. The number of fused-ring (bicyclic) bond motifs is 1. The van der Waals surface area contributed by atoms with Crippen LogP contribution in [0.5, 0.6) is 0 Å². The lowest BCUT2D eigenvalue weighted by Gasteiger charge is -2.19. The molecular weight excluding hydrogens is 188 g/mol. The fourth-order valence-electron chi connectivity index (χ4n) is 1.64. The number of aromatic nitrogens is 2. The largest absolute Gasteiger partial charge is 0.303 e. The Morgan fingerprint density at radius 1 is 1.54 bits per heavy atom. The van der Waals surface area contributed by atoms with Gasteiger partial charge in [0.2, 0.25) is 0 Å². The predicted octanol–water partition coefficient (Wildman–Crippen LogP) is 1.43. The van der Waals surface area contributed by atoms with E-state index in [9.17, 15) is 4.79 Å². The number of halogens is 1. The van der Waals surface area contributed by atoms with Gasteiger partial charge in [0.25, 0.3) is 0 Å². The van der Waals surface area contributed by atoms with Crippen molar-refractivity contribution in [1.29, 1.82) is 0 Å². The summed E-state index contributed by atoms with van der Waals surface area (Å²) < 4.78 is 0. The van der Waals surface area contributed by atoms with E-state index in [1.165, 1.54) is 6.33 Å². The minimum atomic E-state index is 0.110. The first-order chi connectivity index (χ1) is 6.31. The van der Waals surface area contributed by atoms with Crippen LogP contribution in [0, 0.1) is 5.92 Å². The topological polar surface area (TPSA) is 42.9 Å². The number of rotatable bonds is 1. The van der Waals surface area contributed by atoms with Crippen LogP contribution >= 0.6 is 11.6 Å². The van der Waals surface area contributed by atoms with Crippen LogP contribution in [-0.2, 0) is 17.6 Å². The van der Waals surface area contributed by atoms with Crippen molar-refractivity contribution < 1.29 is 4.79 Å². The Morgan fingerprint density at radius 2 is 2.38 bits per heavy atom. The van der Waals surface area contributed by atoms with Crippen molar-refractivity contribution in [1.82, 2.24) is 9.97 Å². The summed E-state index contributed by atoms with van der Waals surface area (Å²) in [7, 11) is 0. The van der Waals surface area contributed by atoms with Crippen LogP contribution in [0.2, 0.25) is 5.15 Å². The summed E-state index contributed by atoms with van der Waals surface area (Å²) in [4.78, 5) is 18.6. The van der Waals surface area contributed by atoms with Gasteiger partial charge in [-0.3, -0.25) is 0 Å². The van der Waals surface area contributed by atoms with Crippen LogP contribution in [0.1, 0.15) is 17.7 Å². The maximum atomic E-state index is 10.6. The van der Waals surface area contributed by atoms with Gasteiger partial charge in [-0.05, 0) is 19.3 Å². The highest BCUT2D eigenvalue weighted by Gasteiger charge is 2.21. The zero-order valence-corrected chi connectivity index (χ0v) is 7.79. The van der Waals surface area contributed by atoms with Gasteiger partial charge in [0, 0.05) is 17.2 Å². The summed E-state index contributed by atoms with van der Waals surface area (Å²) >= 11 is 5.89. The molecule has 0 aromatic carbocycles. The lowest BCUT2D eigenvalue weighted by atomic mass is 9.89. The number of nitrogens with zero attached hydrogens (tertiary/aromatic N) is 2. The molecule has 68 valence electrons. The highest BCUT2D eigenvalue weighted by atomic mass is 35.5. The van der Waals surface area contributed by atoms with Crippen molar-refractivity contribution in [3.63, 3.8) is 0 Å². The molecule has 1 atom stereocenters. The monoisotopic (exact) mass is 196 g/mol. The van der Waals surface area contributed by atoms with Crippen molar-refractivity contribution in [3.8, 4) is 0 Å². The third-order valence-electron chi connectivity index (χ3n) is 2.40. The zero-order valence-electron chi connectivity index (χ0n) is 7.03. The Bertz CT molecular complexity index is 340. The molecule has 1 unspecified atom stereocenters. The summed E-state index contributed by atoms with van der Waals surface area (Å²) in [5.74, 6) is 0.110. The SMILES string of the molecule is O=CC1CCc2c(Cl)ncnc2C1. The molecule has 0 fully saturated rings. The van der Waals surface area contributed by atoms with Crippen molar-refractivity contribution in [3.05, 3.63) is 22.7 Å². The van der Waals surface area contributed by atoms with Crippen LogP contribution in [0.4, 0.5) is 0 Å². The van der Waals surface area contributed by atoms with Gasteiger partial charge in [-0.1, -0.05) is 11.6 Å². The molecule has 0 bridgehead atoms. The van der Waals surface area contributed by atoms with E-state index in [0.717, 1.165) is 30.4 Å². The number of carbonyl (C=O) groups excluding carboxylic acids is 1. The summed E-state index contributed by atoms with van der Waals surface area (Å²) in [6.07, 6.45) is 4.84. The first kappa shape index (κ1) is 8.63. The Labute approximate surface area is 81.2 Å². The summed E-state index contributed by atoms with van der Waals surface area (Å²) in [6.45, 7) is 0. The molecule has 0 saturated carbocycles. The van der Waals surface area contributed by atoms with Gasteiger partial charge in [0.15, 0.2) is 0 Å². The molecule has 0 amide bonds. The molecule has 1 aromatic heterocycles. The van der Waals surface area contributed by atoms with Crippen LogP contribution in [0.3, 0.4) is 0 Å². The zero-order chi connectivity index (χ0) is 9.26. The van der Waals surface area contributed by atoms with E-state index in [1.807, 2.05) is 0 Å². The van der Waals surface area contributed by atoms with Gasteiger partial charge < -0.3 is 4.79 Å². The molecule has 0 N–H and O–H groups in total. The molecule has 0 spiro atoms. The second-order valence-electron chi connectivity index (χ2n) is 3.23. The summed E-state index contributed by atoms with van der Waals surface area (Å²) in [5.41, 5.74) is 1.95. The van der Waals surface area contributed by atoms with Crippen LogP contribution in [-0.4, -0.2) is 16.3 Å². The minimum absolute atomic E-state index is 0.110. The average molecular weight is 197 g/mol. The highest BCUT2D eigenvalue weighted by molar-refractivity contribution is 6.30. The van der Waals surface area contributed by atoms with Crippen molar-refractivity contribution in [2.24, 2.45) is 5.92 Å². The van der Waals surface area contributed by atoms with Gasteiger partial charge in [0.05, 0.1) is 0 Å². The first-order valence-electron chi connectivity index (χ1n) is 4.25. The van der Waals surface area contributed by atoms with E-state index >= 15 is 0 Å². The summed E-state index contributed by atoms with van der Waals surface area (Å²) in [6, 6.07) is 0. The molecule has 3 nitrogen and oxygen atoms in total. The second kappa shape index (κ2) is 3.42. The molecule has 2 rings (SSSR count). The Hall–Kier alpha value is -0.960. The Morgan fingerprint density at radius 3 is 3.15 bits per heavy atom. The molecule has 1 aliphatic rings. The van der Waals surface area contributed by atoms with Crippen molar-refractivity contribution in [2.75, 3.05) is 0 Å². The van der Waals surface area contributed by atoms with Crippen LogP contribution in [0.25, 0.3) is 0 Å². The van der Waals surface area contributed by atoms with Gasteiger partial charge in [-0.15, -0.1) is 0 Å². The quantitative estimate of drug-likeness (QED) is 0.504. The maximum absolute atomic E-state index is 10.6. The summed E-state index contributed by atoms with van der Waals surface area (Å²) in [5, 5.41) is 0.536. The number of hydrogen-bond acceptors (Lipinski definition) is 3. The van der Waals surface area contributed by atoms with Gasteiger partial charge in [-0.25, -0.2) is 9.97 Å². The van der Waals surface area contributed by atoms with Gasteiger partial charge in [0.1, 0.15) is 17.8 Å². The lowest BCUT2D eigenvalue weighted by molar-refractivity contribution is -0.111. The van der Waals surface area contributed by atoms with E-state index in [4.69, 9.17) is 11.6 Å². The molecule has 13 heavy (non-hydrogen) atoms. The predicted molar refractivity (Wildman–Crippen MR) is 48.6 cm³/mol. The first-order valence-corrected chi connectivity index (χ1v) is 4.62. The lowest BCUT2D eigenvalue weighted by Crippen LogP contribution is -2.17. The van der Waals surface area contributed by atoms with E-state index in [0.29, 0.717) is 11.6 Å². The molecule has 1 heterocycles. The van der Waals surface area contributed by atoms with E-state index in [-0.39, 0.29) is 5.92 Å². The number of aldehydes is 1. The number of hydrogen-bond donors (Lipinski definition) is 0. The highest BCUT2D eigenvalue weighted by Crippen LogP contribution is 2.26. The molecular formula is C9H9ClN2O. The van der Waals surface area contributed by atoms with Crippen LogP contribution < -0.4 is 0 Å². The minimum Gasteiger partial charge on any atom is -0.303 e. The molecule has 0 aliphatic heterocycles. The average Bonchev–Trinajstić information content (AvgIpc) is 2.18. The van der Waals surface area contributed by atoms with E-state index in [1.54, 1.807) is 0 Å². The molecule has 1 aromatic rings. The van der Waals surface area contributed by atoms with Gasteiger partial charge >= 0.3 is 0 Å².